The first-order chi connectivity index (χ1) is 9.26. The topological polar surface area (TPSA) is 73.3 Å². The Balaban J connectivity index is 1.72. The lowest BCUT2D eigenvalue weighted by Gasteiger charge is -2.12. The van der Waals surface area contributed by atoms with Gasteiger partial charge < -0.3 is 14.8 Å². The van der Waals surface area contributed by atoms with E-state index in [0.717, 1.165) is 30.7 Å². The normalized spacial score (nSPS) is 16.4. The van der Waals surface area contributed by atoms with Crippen LogP contribution < -0.4 is 5.32 Å². The zero-order valence-electron chi connectivity index (χ0n) is 10.6. The maximum atomic E-state index is 9.26. The molecule has 0 radical (unpaired) electrons. The number of nitriles is 1. The molecule has 0 aromatic carbocycles. The van der Waals surface area contributed by atoms with Crippen LogP contribution in [0.4, 0.5) is 0 Å². The molecule has 2 N–H and O–H groups in total. The molecule has 19 heavy (non-hydrogen) atoms. The van der Waals surface area contributed by atoms with Crippen LogP contribution >= 0.6 is 0 Å². The second-order valence-electron chi connectivity index (χ2n) is 5.27. The van der Waals surface area contributed by atoms with Crippen LogP contribution in [0.15, 0.2) is 24.5 Å². The minimum absolute atomic E-state index is 0.109. The molecule has 0 amide bonds. The van der Waals surface area contributed by atoms with Gasteiger partial charge in [0.15, 0.2) is 0 Å². The van der Waals surface area contributed by atoms with Crippen LogP contribution in [0.25, 0.3) is 5.65 Å². The van der Waals surface area contributed by atoms with Gasteiger partial charge in [-0.3, -0.25) is 0 Å². The van der Waals surface area contributed by atoms with Gasteiger partial charge in [-0.25, -0.2) is 4.98 Å². The first kappa shape index (κ1) is 12.2. The second kappa shape index (κ2) is 4.65. The third-order valence-corrected chi connectivity index (χ3v) is 3.81. The Bertz CT molecular complexity index is 636. The number of aliphatic hydroxyl groups is 1. The predicted molar refractivity (Wildman–Crippen MR) is 70.4 cm³/mol. The van der Waals surface area contributed by atoms with Gasteiger partial charge in [0.05, 0.1) is 17.5 Å². The fraction of sp³-hybridized carbons (Fsp3) is 0.429. The number of nitrogens with zero attached hydrogens (tertiary/aromatic N) is 3. The molecule has 5 nitrogen and oxygen atoms in total. The smallest absolute Gasteiger partial charge is 0.137 e. The number of pyridine rings is 1. The molecule has 0 unspecified atom stereocenters. The maximum Gasteiger partial charge on any atom is 0.137 e. The van der Waals surface area contributed by atoms with Gasteiger partial charge >= 0.3 is 0 Å². The van der Waals surface area contributed by atoms with E-state index < -0.39 is 0 Å². The Morgan fingerprint density at radius 2 is 2.32 bits per heavy atom. The van der Waals surface area contributed by atoms with Crippen molar-refractivity contribution >= 4 is 5.65 Å². The van der Waals surface area contributed by atoms with E-state index in [1.807, 2.05) is 16.7 Å². The van der Waals surface area contributed by atoms with E-state index in [9.17, 15) is 5.11 Å². The highest BCUT2D eigenvalue weighted by atomic mass is 16.3. The van der Waals surface area contributed by atoms with E-state index >= 15 is 0 Å². The Morgan fingerprint density at radius 1 is 1.47 bits per heavy atom. The molecule has 2 heterocycles. The Hall–Kier alpha value is -1.90. The van der Waals surface area contributed by atoms with E-state index in [1.165, 1.54) is 0 Å². The van der Waals surface area contributed by atoms with Gasteiger partial charge in [0.2, 0.25) is 0 Å². The van der Waals surface area contributed by atoms with Crippen LogP contribution in [-0.4, -0.2) is 27.6 Å². The third kappa shape index (κ3) is 2.33. The summed E-state index contributed by atoms with van der Waals surface area (Å²) in [5.41, 5.74) is 2.61. The summed E-state index contributed by atoms with van der Waals surface area (Å²) in [5, 5.41) is 21.5. The fourth-order valence-electron chi connectivity index (χ4n) is 2.25. The molecular weight excluding hydrogens is 240 g/mol. The van der Waals surface area contributed by atoms with E-state index in [2.05, 4.69) is 16.4 Å². The molecule has 0 spiro atoms. The molecule has 5 heteroatoms. The van der Waals surface area contributed by atoms with Crippen molar-refractivity contribution in [1.82, 2.24) is 14.7 Å². The molecule has 2 aromatic heterocycles. The average molecular weight is 256 g/mol. The largest absolute Gasteiger partial charge is 0.396 e. The molecule has 1 fully saturated rings. The average Bonchev–Trinajstić information content (AvgIpc) is 3.13. The summed E-state index contributed by atoms with van der Waals surface area (Å²) in [4.78, 5) is 4.31. The van der Waals surface area contributed by atoms with Gasteiger partial charge in [-0.1, -0.05) is 0 Å². The summed E-state index contributed by atoms with van der Waals surface area (Å²) >= 11 is 0. The van der Waals surface area contributed by atoms with E-state index in [-0.39, 0.29) is 12.0 Å². The number of imidazole rings is 1. The van der Waals surface area contributed by atoms with Crippen LogP contribution in [0.3, 0.4) is 0 Å². The van der Waals surface area contributed by atoms with Gasteiger partial charge in [0.25, 0.3) is 0 Å². The molecule has 1 aliphatic rings. The lowest BCUT2D eigenvalue weighted by molar-refractivity contribution is 0.207. The minimum atomic E-state index is 0.109. The number of aromatic nitrogens is 2. The van der Waals surface area contributed by atoms with E-state index in [1.54, 1.807) is 12.3 Å². The van der Waals surface area contributed by atoms with Gasteiger partial charge in [-0.2, -0.15) is 5.26 Å². The zero-order valence-corrected chi connectivity index (χ0v) is 10.6. The second-order valence-corrected chi connectivity index (χ2v) is 5.27. The summed E-state index contributed by atoms with van der Waals surface area (Å²) in [6.45, 7) is 1.78. The number of hydrogen-bond acceptors (Lipinski definition) is 4. The lowest BCUT2D eigenvalue weighted by Crippen LogP contribution is -2.26. The summed E-state index contributed by atoms with van der Waals surface area (Å²) in [7, 11) is 0. The molecule has 2 aromatic rings. The minimum Gasteiger partial charge on any atom is -0.396 e. The molecule has 0 bridgehead atoms. The Kier molecular flexibility index (Phi) is 2.97. The summed E-state index contributed by atoms with van der Waals surface area (Å²) in [5.74, 6) is 0. The molecule has 98 valence electrons. The van der Waals surface area contributed by atoms with Crippen molar-refractivity contribution in [2.24, 2.45) is 5.41 Å². The summed E-state index contributed by atoms with van der Waals surface area (Å²) in [6, 6.07) is 5.75. The first-order valence-corrected chi connectivity index (χ1v) is 6.44. The predicted octanol–water partition coefficient (Wildman–Crippen LogP) is 1.07. The number of hydrogen-bond donors (Lipinski definition) is 2. The van der Waals surface area contributed by atoms with Crippen LogP contribution in [0.2, 0.25) is 0 Å². The lowest BCUT2D eigenvalue weighted by atomic mass is 10.1. The molecule has 0 atom stereocenters. The Morgan fingerprint density at radius 3 is 3.00 bits per heavy atom. The fourth-order valence-corrected chi connectivity index (χ4v) is 2.25. The summed E-state index contributed by atoms with van der Waals surface area (Å²) in [6.07, 6.45) is 5.82. The third-order valence-electron chi connectivity index (χ3n) is 3.81. The highest BCUT2D eigenvalue weighted by molar-refractivity contribution is 5.44. The van der Waals surface area contributed by atoms with Crippen molar-refractivity contribution in [1.29, 1.82) is 5.26 Å². The zero-order chi connectivity index (χ0) is 13.3. The Labute approximate surface area is 111 Å². The molecular formula is C14H16N4O. The maximum absolute atomic E-state index is 9.26. The highest BCUT2D eigenvalue weighted by Gasteiger charge is 2.41. The van der Waals surface area contributed by atoms with Crippen molar-refractivity contribution in [2.45, 2.75) is 19.4 Å². The molecule has 1 aliphatic carbocycles. The van der Waals surface area contributed by atoms with Crippen molar-refractivity contribution in [3.8, 4) is 6.07 Å². The van der Waals surface area contributed by atoms with Crippen molar-refractivity contribution in [2.75, 3.05) is 13.2 Å². The number of rotatable bonds is 5. The van der Waals surface area contributed by atoms with Gasteiger partial charge in [-0.05, 0) is 25.0 Å². The van der Waals surface area contributed by atoms with Crippen LogP contribution in [0, 0.1) is 16.7 Å². The molecule has 3 rings (SSSR count). The number of nitrogens with one attached hydrogen (secondary N) is 1. The van der Waals surface area contributed by atoms with Crippen molar-refractivity contribution in [3.05, 3.63) is 35.8 Å². The van der Waals surface area contributed by atoms with E-state index in [4.69, 9.17) is 5.26 Å². The summed E-state index contributed by atoms with van der Waals surface area (Å²) < 4.78 is 1.93. The van der Waals surface area contributed by atoms with Gasteiger partial charge in [0, 0.05) is 31.3 Å². The number of fused-ring (bicyclic) bond motifs is 1. The van der Waals surface area contributed by atoms with E-state index in [0.29, 0.717) is 12.1 Å². The quantitative estimate of drug-likeness (QED) is 0.839. The monoisotopic (exact) mass is 256 g/mol. The highest BCUT2D eigenvalue weighted by Crippen LogP contribution is 2.44. The molecule has 1 saturated carbocycles. The first-order valence-electron chi connectivity index (χ1n) is 6.44. The van der Waals surface area contributed by atoms with Crippen LogP contribution in [0.1, 0.15) is 24.1 Å². The van der Waals surface area contributed by atoms with Crippen LogP contribution in [0.5, 0.6) is 0 Å². The van der Waals surface area contributed by atoms with Gasteiger partial charge in [-0.15, -0.1) is 0 Å². The number of aliphatic hydroxyl groups excluding tert-OH is 1. The van der Waals surface area contributed by atoms with Crippen molar-refractivity contribution in [3.63, 3.8) is 0 Å². The van der Waals surface area contributed by atoms with Crippen molar-refractivity contribution < 1.29 is 5.11 Å². The standard InChI is InChI=1S/C14H16N4O/c15-5-11-1-2-13-17-7-12(18(13)8-11)6-16-9-14(10-19)3-4-14/h1-2,7-8,16,19H,3-4,6,9-10H2. The SMILES string of the molecule is N#Cc1ccc2ncc(CNCC3(CO)CC3)n2c1. The van der Waals surface area contributed by atoms with Crippen LogP contribution in [-0.2, 0) is 6.54 Å². The molecule has 0 saturated heterocycles. The van der Waals surface area contributed by atoms with Gasteiger partial charge in [0.1, 0.15) is 11.7 Å². The molecule has 0 aliphatic heterocycles.